The minimum absolute atomic E-state index is 0.0281. The zero-order valence-electron chi connectivity index (χ0n) is 25.5. The first-order valence-corrected chi connectivity index (χ1v) is 16.8. The van der Waals surface area contributed by atoms with Gasteiger partial charge in [-0.15, -0.1) is 6.58 Å². The minimum Gasteiger partial charge on any atom is -0.505 e. The van der Waals surface area contributed by atoms with E-state index in [0.717, 1.165) is 19.3 Å². The normalized spacial score (nSPS) is 13.9. The third-order valence-corrected chi connectivity index (χ3v) is 12.2. The van der Waals surface area contributed by atoms with Crippen LogP contribution in [0.4, 0.5) is 0 Å². The van der Waals surface area contributed by atoms with Crippen molar-refractivity contribution in [3.8, 4) is 0 Å². The fraction of sp³-hybridized carbons (Fsp3) is 0.389. The number of diazo groups is 1. The smallest absolute Gasteiger partial charge is 0.402 e. The van der Waals surface area contributed by atoms with E-state index >= 15 is 0 Å². The molecule has 4 nitrogen and oxygen atoms in total. The monoisotopic (exact) mass is 569 g/mol. The molecule has 1 unspecified atom stereocenters. The fourth-order valence-electron chi connectivity index (χ4n) is 4.99. The lowest BCUT2D eigenvalue weighted by Crippen LogP contribution is -2.67. The van der Waals surface area contributed by atoms with E-state index in [0.29, 0.717) is 6.42 Å². The highest BCUT2D eigenvalue weighted by atomic mass is 28.4. The molecule has 2 rings (SSSR count). The summed E-state index contributed by atoms with van der Waals surface area (Å²) in [7, 11) is -2.88. The maximum absolute atomic E-state index is 11.2. The minimum atomic E-state index is -2.88. The summed E-state index contributed by atoms with van der Waals surface area (Å²) in [6.07, 6.45) is 20.6. The molecule has 1 atom stereocenters. The molecule has 0 fully saturated rings. The van der Waals surface area contributed by atoms with Crippen LogP contribution in [0.1, 0.15) is 79.1 Å². The van der Waals surface area contributed by atoms with Gasteiger partial charge in [-0.3, -0.25) is 0 Å². The summed E-state index contributed by atoms with van der Waals surface area (Å²) in [5.74, 6) is 0.0281. The van der Waals surface area contributed by atoms with Crippen LogP contribution in [0, 0.1) is 5.39 Å². The Labute approximate surface area is 249 Å². The van der Waals surface area contributed by atoms with E-state index in [1.165, 1.54) is 29.6 Å². The van der Waals surface area contributed by atoms with Crippen LogP contribution in [0.3, 0.4) is 0 Å². The van der Waals surface area contributed by atoms with Crippen molar-refractivity contribution >= 4 is 18.7 Å². The number of hydrogen-bond acceptors (Lipinski definition) is 3. The van der Waals surface area contributed by atoms with Crippen molar-refractivity contribution in [1.29, 1.82) is 5.39 Å². The number of rotatable bonds is 17. The summed E-state index contributed by atoms with van der Waals surface area (Å²) in [5.41, 5.74) is 0.249. The molecule has 0 aliphatic carbocycles. The topological polar surface area (TPSA) is 57.6 Å². The van der Waals surface area contributed by atoms with E-state index in [2.05, 4.69) is 99.9 Å². The SMILES string of the molecule is C=CCC/C=C\C/C([N+]#N)=C(\O)CC(/C=C/C=C/CCCCC)O[Si](c1ccccc1)(c1ccccc1)C(C)(C)C. The van der Waals surface area contributed by atoms with Gasteiger partial charge in [0.1, 0.15) is 0 Å². The summed E-state index contributed by atoms with van der Waals surface area (Å²) < 4.78 is 7.31. The first-order valence-electron chi connectivity index (χ1n) is 14.9. The van der Waals surface area contributed by atoms with Crippen molar-refractivity contribution in [2.45, 2.75) is 90.2 Å². The van der Waals surface area contributed by atoms with Crippen LogP contribution < -0.4 is 10.4 Å². The highest BCUT2D eigenvalue weighted by Crippen LogP contribution is 2.38. The van der Waals surface area contributed by atoms with Crippen molar-refractivity contribution in [2.75, 3.05) is 0 Å². The van der Waals surface area contributed by atoms with Crippen LogP contribution >= 0.6 is 0 Å². The van der Waals surface area contributed by atoms with Crippen LogP contribution in [0.2, 0.25) is 5.04 Å². The third kappa shape index (κ3) is 10.5. The number of benzene rings is 2. The van der Waals surface area contributed by atoms with Crippen LogP contribution in [-0.4, -0.2) is 19.5 Å². The van der Waals surface area contributed by atoms with Gasteiger partial charge in [-0.25, -0.2) is 0 Å². The average molecular weight is 570 g/mol. The molecule has 41 heavy (non-hydrogen) atoms. The van der Waals surface area contributed by atoms with Gasteiger partial charge in [0.15, 0.2) is 10.7 Å². The molecule has 0 spiro atoms. The average Bonchev–Trinajstić information content (AvgIpc) is 2.97. The molecular formula is C36H49N2O2Si+. The quantitative estimate of drug-likeness (QED) is 0.0515. The van der Waals surface area contributed by atoms with Gasteiger partial charge < -0.3 is 9.53 Å². The molecule has 0 amide bonds. The lowest BCUT2D eigenvalue weighted by molar-refractivity contribution is 0.211. The molecule has 0 aromatic heterocycles. The van der Waals surface area contributed by atoms with Crippen LogP contribution in [0.25, 0.3) is 4.98 Å². The molecule has 0 aliphatic heterocycles. The molecule has 0 bridgehead atoms. The Kier molecular flexibility index (Phi) is 14.9. The summed E-state index contributed by atoms with van der Waals surface area (Å²) in [5, 5.41) is 23.1. The van der Waals surface area contributed by atoms with Crippen molar-refractivity contribution < 1.29 is 9.53 Å². The summed E-state index contributed by atoms with van der Waals surface area (Å²) in [6, 6.07) is 21.0. The third-order valence-electron chi connectivity index (χ3n) is 7.16. The van der Waals surface area contributed by atoms with Gasteiger partial charge in [0.05, 0.1) is 12.5 Å². The number of aliphatic hydroxyl groups is 1. The lowest BCUT2D eigenvalue weighted by Gasteiger charge is -2.44. The van der Waals surface area contributed by atoms with E-state index in [1.807, 2.05) is 42.5 Å². The zero-order chi connectivity index (χ0) is 30.0. The van der Waals surface area contributed by atoms with Crippen LogP contribution in [0.5, 0.6) is 0 Å². The number of nitrogens with zero attached hydrogens (tertiary/aromatic N) is 2. The highest BCUT2D eigenvalue weighted by molar-refractivity contribution is 6.99. The van der Waals surface area contributed by atoms with Gasteiger partial charge in [0.2, 0.25) is 5.39 Å². The first kappa shape index (κ1) is 33.7. The standard InChI is InChI=1S/C36H48N2O2Si/c1-6-8-10-12-13-15-18-24-31(30-35(39)34(38-37)29-23-14-11-9-7-2)40-41(36(3,4)5,32-25-19-16-20-26-32)33-27-21-17-22-28-33/h7,13-28,31H,2,6,8-12,29-30H2,1,3-5H3/p+1/b15-13+,23-14-,24-18+,35-34+. The predicted octanol–water partition coefficient (Wildman–Crippen LogP) is 9.55. The molecule has 0 radical (unpaired) electrons. The van der Waals surface area contributed by atoms with Crippen LogP contribution in [0.15, 0.2) is 121 Å². The van der Waals surface area contributed by atoms with Gasteiger partial charge in [0.25, 0.3) is 8.32 Å². The Morgan fingerprint density at radius 1 is 0.927 bits per heavy atom. The van der Waals surface area contributed by atoms with Gasteiger partial charge in [-0.1, -0.05) is 144 Å². The Balaban J connectivity index is 2.54. The Hall–Kier alpha value is -3.46. The van der Waals surface area contributed by atoms with Crippen molar-refractivity contribution in [3.63, 3.8) is 0 Å². The Morgan fingerprint density at radius 2 is 1.56 bits per heavy atom. The molecule has 0 aliphatic rings. The molecule has 0 saturated carbocycles. The molecule has 0 saturated heterocycles. The van der Waals surface area contributed by atoms with Crippen LogP contribution in [-0.2, 0) is 4.43 Å². The predicted molar refractivity (Wildman–Crippen MR) is 177 cm³/mol. The van der Waals surface area contributed by atoms with E-state index in [9.17, 15) is 10.5 Å². The summed E-state index contributed by atoms with van der Waals surface area (Å²) in [6.45, 7) is 12.7. The summed E-state index contributed by atoms with van der Waals surface area (Å²) >= 11 is 0. The molecule has 2 aromatic rings. The van der Waals surface area contributed by atoms with E-state index in [-0.39, 0.29) is 22.9 Å². The number of aliphatic hydroxyl groups excluding tert-OH is 1. The van der Waals surface area contributed by atoms with E-state index in [1.54, 1.807) is 0 Å². The fourth-order valence-corrected chi connectivity index (χ4v) is 9.62. The second kappa shape index (κ2) is 18.1. The second-order valence-electron chi connectivity index (χ2n) is 11.4. The number of allylic oxidation sites excluding steroid dienone is 6. The number of hydrogen-bond donors (Lipinski definition) is 1. The van der Waals surface area contributed by atoms with E-state index in [4.69, 9.17) is 4.43 Å². The van der Waals surface area contributed by atoms with Crippen molar-refractivity contribution in [2.24, 2.45) is 0 Å². The largest absolute Gasteiger partial charge is 0.505 e. The first-order chi connectivity index (χ1) is 19.8. The van der Waals surface area contributed by atoms with E-state index < -0.39 is 14.4 Å². The zero-order valence-corrected chi connectivity index (χ0v) is 26.5. The molecule has 5 heteroatoms. The molecule has 0 heterocycles. The second-order valence-corrected chi connectivity index (χ2v) is 15.6. The Bertz CT molecular complexity index is 1160. The van der Waals surface area contributed by atoms with Gasteiger partial charge in [-0.2, -0.15) is 0 Å². The lowest BCUT2D eigenvalue weighted by atomic mass is 10.1. The molecular weight excluding hydrogens is 520 g/mol. The van der Waals surface area contributed by atoms with Gasteiger partial charge in [0, 0.05) is 6.42 Å². The molecule has 218 valence electrons. The highest BCUT2D eigenvalue weighted by Gasteiger charge is 2.51. The summed E-state index contributed by atoms with van der Waals surface area (Å²) in [4.78, 5) is 3.43. The number of unbranched alkanes of at least 4 members (excludes halogenated alkanes) is 4. The Morgan fingerprint density at radius 3 is 2.10 bits per heavy atom. The van der Waals surface area contributed by atoms with Crippen molar-refractivity contribution in [3.05, 3.63) is 126 Å². The maximum atomic E-state index is 11.2. The molecule has 2 aromatic carbocycles. The molecule has 1 N–H and O–H groups in total. The maximum Gasteiger partial charge on any atom is 0.402 e. The van der Waals surface area contributed by atoms with Gasteiger partial charge >= 0.3 is 5.70 Å². The van der Waals surface area contributed by atoms with Crippen molar-refractivity contribution in [1.82, 2.24) is 0 Å². The van der Waals surface area contributed by atoms with Gasteiger partial charge in [-0.05, 0) is 41.1 Å².